The van der Waals surface area contributed by atoms with Gasteiger partial charge in [-0.15, -0.1) is 0 Å². The van der Waals surface area contributed by atoms with Crippen LogP contribution in [0.15, 0.2) is 12.0 Å². The van der Waals surface area contributed by atoms with Gasteiger partial charge in [0, 0.05) is 44.0 Å². The van der Waals surface area contributed by atoms with Crippen LogP contribution in [0.5, 0.6) is 0 Å². The van der Waals surface area contributed by atoms with E-state index in [4.69, 9.17) is 9.47 Å². The minimum absolute atomic E-state index is 0.220. The first kappa shape index (κ1) is 20.9. The van der Waals surface area contributed by atoms with Crippen LogP contribution in [0.2, 0.25) is 0 Å². The van der Waals surface area contributed by atoms with Gasteiger partial charge >= 0.3 is 6.09 Å². The molecule has 4 rings (SSSR count). The molecule has 166 valence electrons. The molecule has 0 bridgehead atoms. The molecule has 1 amide bonds. The zero-order chi connectivity index (χ0) is 21.5. The number of carbonyl (C=O) groups excluding carboxylic acids is 1. The molecule has 30 heavy (non-hydrogen) atoms. The van der Waals surface area contributed by atoms with Gasteiger partial charge in [0.2, 0.25) is 0 Å². The maximum Gasteiger partial charge on any atom is 0.410 e. The third-order valence-electron chi connectivity index (χ3n) is 5.93. The topological polar surface area (TPSA) is 90.6 Å². The molecule has 0 aromatic carbocycles. The quantitative estimate of drug-likeness (QED) is 0.711. The van der Waals surface area contributed by atoms with Crippen molar-refractivity contribution >= 4 is 12.2 Å². The molecule has 0 radical (unpaired) electrons. The van der Waals surface area contributed by atoms with Gasteiger partial charge in [-0.25, -0.2) is 9.86 Å². The highest BCUT2D eigenvalue weighted by Gasteiger charge is 2.33. The van der Waals surface area contributed by atoms with Crippen LogP contribution in [-0.2, 0) is 16.0 Å². The molecule has 1 aromatic rings. The van der Waals surface area contributed by atoms with Gasteiger partial charge in [-0.1, -0.05) is 0 Å². The van der Waals surface area contributed by atoms with Crippen molar-refractivity contribution in [2.45, 2.75) is 51.7 Å². The number of likely N-dealkylation sites (tertiary alicyclic amines) is 1. The Bertz CT molecular complexity index is 814. The Morgan fingerprint density at radius 3 is 2.43 bits per heavy atom. The molecule has 4 heterocycles. The van der Waals surface area contributed by atoms with E-state index in [1.165, 1.54) is 9.79 Å². The molecule has 2 N–H and O–H groups in total. The van der Waals surface area contributed by atoms with Crippen LogP contribution in [0, 0.1) is 0 Å². The number of rotatable bonds is 2. The van der Waals surface area contributed by atoms with Gasteiger partial charge in [-0.2, -0.15) is 4.73 Å². The Kier molecular flexibility index (Phi) is 5.59. The lowest BCUT2D eigenvalue weighted by Crippen LogP contribution is -2.42. The second-order valence-electron chi connectivity index (χ2n) is 9.19. The molecule has 0 aliphatic carbocycles. The standard InChI is InChI=1S/C21H32N4O5/c1-21(2,3)30-20(26)23-6-4-15(5-7-23)16-13-24(27)18-12-19(25(28)14-17(16)18)22-8-10-29-11-9-22/h12-13,15,27-28H,4-11,14H2,1-3H3. The second-order valence-corrected chi connectivity index (χ2v) is 9.19. The van der Waals surface area contributed by atoms with E-state index in [2.05, 4.69) is 4.90 Å². The monoisotopic (exact) mass is 420 g/mol. The van der Waals surface area contributed by atoms with Crippen molar-refractivity contribution in [3.05, 3.63) is 28.8 Å². The third-order valence-corrected chi connectivity index (χ3v) is 5.93. The number of ether oxygens (including phenoxy) is 2. The third kappa shape index (κ3) is 4.22. The maximum absolute atomic E-state index is 12.3. The van der Waals surface area contributed by atoms with E-state index in [0.29, 0.717) is 57.5 Å². The second kappa shape index (κ2) is 8.03. The van der Waals surface area contributed by atoms with Gasteiger partial charge in [0.1, 0.15) is 11.4 Å². The van der Waals surface area contributed by atoms with Crippen LogP contribution >= 0.6 is 0 Å². The van der Waals surface area contributed by atoms with Crippen LogP contribution in [-0.4, -0.2) is 81.1 Å². The first-order chi connectivity index (χ1) is 14.2. The zero-order valence-corrected chi connectivity index (χ0v) is 18.0. The molecule has 2 fully saturated rings. The molecular weight excluding hydrogens is 388 g/mol. The molecule has 2 saturated heterocycles. The molecule has 0 unspecified atom stereocenters. The zero-order valence-electron chi connectivity index (χ0n) is 18.0. The summed E-state index contributed by atoms with van der Waals surface area (Å²) in [6.45, 7) is 9.83. The number of morpholine rings is 1. The maximum atomic E-state index is 12.3. The Balaban J connectivity index is 1.48. The molecular formula is C21H32N4O5. The summed E-state index contributed by atoms with van der Waals surface area (Å²) < 4.78 is 12.0. The summed E-state index contributed by atoms with van der Waals surface area (Å²) in [6.07, 6.45) is 4.90. The Morgan fingerprint density at radius 1 is 1.13 bits per heavy atom. The number of carbonyl (C=O) groups is 1. The number of nitrogens with zero attached hydrogens (tertiary/aromatic N) is 4. The van der Waals surface area contributed by atoms with Crippen LogP contribution in [0.4, 0.5) is 4.79 Å². The SMILES string of the molecule is CC(C)(C)OC(=O)N1CCC(c2cn(O)c3c2CN(O)C(N2CCOCC2)=C3)CC1. The van der Waals surface area contributed by atoms with Gasteiger partial charge in [0.15, 0.2) is 0 Å². The van der Waals surface area contributed by atoms with E-state index < -0.39 is 5.60 Å². The van der Waals surface area contributed by atoms with E-state index in [0.717, 1.165) is 24.0 Å². The minimum atomic E-state index is -0.504. The molecule has 0 saturated carbocycles. The molecule has 9 nitrogen and oxygen atoms in total. The number of fused-ring (bicyclic) bond motifs is 1. The van der Waals surface area contributed by atoms with Gasteiger partial charge in [-0.05, 0) is 45.1 Å². The first-order valence-electron chi connectivity index (χ1n) is 10.6. The number of aromatic nitrogens is 1. The van der Waals surface area contributed by atoms with Crippen molar-refractivity contribution in [1.82, 2.24) is 19.6 Å². The van der Waals surface area contributed by atoms with Gasteiger partial charge < -0.3 is 24.5 Å². The number of piperidine rings is 1. The lowest BCUT2D eigenvalue weighted by molar-refractivity contribution is -0.0998. The molecule has 0 atom stereocenters. The van der Waals surface area contributed by atoms with Crippen LogP contribution in [0.3, 0.4) is 0 Å². The van der Waals surface area contributed by atoms with Crippen molar-refractivity contribution < 1.29 is 24.7 Å². The summed E-state index contributed by atoms with van der Waals surface area (Å²) in [5.74, 6) is 0.906. The Morgan fingerprint density at radius 2 is 1.80 bits per heavy atom. The predicted octanol–water partition coefficient (Wildman–Crippen LogP) is 2.68. The van der Waals surface area contributed by atoms with Crippen LogP contribution < -0.4 is 0 Å². The van der Waals surface area contributed by atoms with Gasteiger partial charge in [-0.3, -0.25) is 5.21 Å². The Hall–Kier alpha value is -2.39. The summed E-state index contributed by atoms with van der Waals surface area (Å²) >= 11 is 0. The van der Waals surface area contributed by atoms with E-state index >= 15 is 0 Å². The van der Waals surface area contributed by atoms with Crippen molar-refractivity contribution in [1.29, 1.82) is 0 Å². The average Bonchev–Trinajstić information content (AvgIpc) is 3.02. The van der Waals surface area contributed by atoms with Crippen molar-refractivity contribution in [2.24, 2.45) is 0 Å². The van der Waals surface area contributed by atoms with Crippen molar-refractivity contribution in [3.63, 3.8) is 0 Å². The number of amides is 1. The Labute approximate surface area is 177 Å². The van der Waals surface area contributed by atoms with Crippen LogP contribution in [0.25, 0.3) is 6.08 Å². The number of hydroxylamine groups is 2. The summed E-state index contributed by atoms with van der Waals surface area (Å²) in [5.41, 5.74) is 2.18. The fraction of sp³-hybridized carbons (Fsp3) is 0.667. The smallest absolute Gasteiger partial charge is 0.410 e. The fourth-order valence-electron chi connectivity index (χ4n) is 4.42. The highest BCUT2D eigenvalue weighted by Crippen LogP contribution is 2.37. The van der Waals surface area contributed by atoms with Crippen molar-refractivity contribution in [3.8, 4) is 0 Å². The van der Waals surface area contributed by atoms with E-state index in [9.17, 15) is 15.2 Å². The van der Waals surface area contributed by atoms with E-state index in [1.807, 2.05) is 26.8 Å². The summed E-state index contributed by atoms with van der Waals surface area (Å²) in [6, 6.07) is 0. The van der Waals surface area contributed by atoms with E-state index in [-0.39, 0.29) is 12.0 Å². The molecule has 3 aliphatic heterocycles. The molecule has 0 spiro atoms. The molecule has 3 aliphatic rings. The lowest BCUT2D eigenvalue weighted by Gasteiger charge is -2.37. The summed E-state index contributed by atoms with van der Waals surface area (Å²) in [4.78, 5) is 16.1. The first-order valence-corrected chi connectivity index (χ1v) is 10.6. The van der Waals surface area contributed by atoms with Crippen molar-refractivity contribution in [2.75, 3.05) is 39.4 Å². The fourth-order valence-corrected chi connectivity index (χ4v) is 4.42. The summed E-state index contributed by atoms with van der Waals surface area (Å²) in [7, 11) is 0. The highest BCUT2D eigenvalue weighted by molar-refractivity contribution is 5.68. The van der Waals surface area contributed by atoms with Gasteiger partial charge in [0.05, 0.1) is 25.5 Å². The average molecular weight is 421 g/mol. The highest BCUT2D eigenvalue weighted by atomic mass is 16.6. The normalized spacial score (nSPS) is 20.8. The largest absolute Gasteiger partial charge is 0.444 e. The van der Waals surface area contributed by atoms with E-state index in [1.54, 1.807) is 11.1 Å². The molecule has 9 heteroatoms. The summed E-state index contributed by atoms with van der Waals surface area (Å²) in [5, 5.41) is 22.4. The van der Waals surface area contributed by atoms with Crippen LogP contribution in [0.1, 0.15) is 56.4 Å². The number of hydrogen-bond acceptors (Lipinski definition) is 7. The number of hydrogen-bond donors (Lipinski definition) is 2. The van der Waals surface area contributed by atoms with Gasteiger partial charge in [0.25, 0.3) is 0 Å². The predicted molar refractivity (Wildman–Crippen MR) is 109 cm³/mol. The minimum Gasteiger partial charge on any atom is -0.444 e. The lowest BCUT2D eigenvalue weighted by atomic mass is 9.88. The molecule has 1 aromatic heterocycles.